The van der Waals surface area contributed by atoms with Crippen molar-refractivity contribution in [1.82, 2.24) is 4.98 Å². The van der Waals surface area contributed by atoms with Crippen molar-refractivity contribution in [2.45, 2.75) is 0 Å². The zero-order chi connectivity index (χ0) is 10.7. The van der Waals surface area contributed by atoms with Crippen molar-refractivity contribution in [1.29, 1.82) is 0 Å². The SMILES string of the molecule is COC(=O)c1cc(Cl)c(Br)nc1C=O. The van der Waals surface area contributed by atoms with E-state index in [9.17, 15) is 9.59 Å². The first-order chi connectivity index (χ1) is 6.60. The first-order valence-electron chi connectivity index (χ1n) is 3.49. The van der Waals surface area contributed by atoms with Gasteiger partial charge in [0, 0.05) is 0 Å². The van der Waals surface area contributed by atoms with Gasteiger partial charge in [-0.15, -0.1) is 0 Å². The highest BCUT2D eigenvalue weighted by Gasteiger charge is 2.15. The Morgan fingerprint density at radius 3 is 2.86 bits per heavy atom. The average molecular weight is 278 g/mol. The van der Waals surface area contributed by atoms with Crippen molar-refractivity contribution >= 4 is 39.8 Å². The Kier molecular flexibility index (Phi) is 3.60. The van der Waals surface area contributed by atoms with Crippen molar-refractivity contribution in [3.63, 3.8) is 0 Å². The molecule has 0 aliphatic heterocycles. The zero-order valence-electron chi connectivity index (χ0n) is 7.08. The smallest absolute Gasteiger partial charge is 0.340 e. The van der Waals surface area contributed by atoms with Gasteiger partial charge in [-0.25, -0.2) is 9.78 Å². The lowest BCUT2D eigenvalue weighted by atomic mass is 10.2. The molecule has 0 unspecified atom stereocenters. The van der Waals surface area contributed by atoms with Gasteiger partial charge < -0.3 is 4.74 Å². The van der Waals surface area contributed by atoms with Crippen LogP contribution in [0.15, 0.2) is 10.7 Å². The molecule has 0 aliphatic carbocycles. The summed E-state index contributed by atoms with van der Waals surface area (Å²) >= 11 is 8.75. The number of rotatable bonds is 2. The van der Waals surface area contributed by atoms with E-state index >= 15 is 0 Å². The fourth-order valence-corrected chi connectivity index (χ4v) is 1.30. The number of pyridine rings is 1. The third kappa shape index (κ3) is 2.10. The number of ether oxygens (including phenoxy) is 1. The Hall–Kier alpha value is -0.940. The van der Waals surface area contributed by atoms with Crippen LogP contribution in [0.5, 0.6) is 0 Å². The van der Waals surface area contributed by atoms with Crippen LogP contribution in [0.2, 0.25) is 5.02 Å². The summed E-state index contributed by atoms with van der Waals surface area (Å²) in [5.74, 6) is -0.644. The molecular formula is C8H5BrClNO3. The van der Waals surface area contributed by atoms with Gasteiger partial charge in [0.05, 0.1) is 17.7 Å². The largest absolute Gasteiger partial charge is 0.465 e. The molecule has 0 atom stereocenters. The van der Waals surface area contributed by atoms with E-state index in [0.29, 0.717) is 10.9 Å². The molecule has 0 spiro atoms. The second-order valence-corrected chi connectivity index (χ2v) is 3.46. The van der Waals surface area contributed by atoms with Gasteiger partial charge in [0.25, 0.3) is 0 Å². The zero-order valence-corrected chi connectivity index (χ0v) is 9.42. The average Bonchev–Trinajstić information content (AvgIpc) is 2.20. The van der Waals surface area contributed by atoms with Gasteiger partial charge in [0.2, 0.25) is 0 Å². The van der Waals surface area contributed by atoms with E-state index in [2.05, 4.69) is 25.7 Å². The van der Waals surface area contributed by atoms with Gasteiger partial charge in [0.1, 0.15) is 10.3 Å². The van der Waals surface area contributed by atoms with E-state index in [1.807, 2.05) is 0 Å². The molecular weight excluding hydrogens is 273 g/mol. The molecule has 4 nitrogen and oxygen atoms in total. The van der Waals surface area contributed by atoms with Crippen LogP contribution in [0.1, 0.15) is 20.8 Å². The van der Waals surface area contributed by atoms with E-state index in [4.69, 9.17) is 11.6 Å². The fraction of sp³-hybridized carbons (Fsp3) is 0.125. The molecule has 0 saturated heterocycles. The lowest BCUT2D eigenvalue weighted by Gasteiger charge is -2.03. The molecule has 0 N–H and O–H groups in total. The quantitative estimate of drug-likeness (QED) is 0.472. The van der Waals surface area contributed by atoms with Gasteiger partial charge >= 0.3 is 5.97 Å². The van der Waals surface area contributed by atoms with Crippen LogP contribution in [0.3, 0.4) is 0 Å². The minimum atomic E-state index is -0.644. The number of aromatic nitrogens is 1. The third-order valence-electron chi connectivity index (χ3n) is 1.48. The number of carbonyl (C=O) groups excluding carboxylic acids is 2. The number of esters is 1. The molecule has 1 aromatic heterocycles. The summed E-state index contributed by atoms with van der Waals surface area (Å²) in [5, 5.41) is 0.246. The molecule has 0 radical (unpaired) electrons. The van der Waals surface area contributed by atoms with Crippen molar-refractivity contribution in [2.24, 2.45) is 0 Å². The standard InChI is InChI=1S/C8H5BrClNO3/c1-14-8(13)4-2-5(10)7(9)11-6(4)3-12/h2-3H,1H3. The van der Waals surface area contributed by atoms with Crippen molar-refractivity contribution < 1.29 is 14.3 Å². The van der Waals surface area contributed by atoms with Crippen LogP contribution in [0, 0.1) is 0 Å². The van der Waals surface area contributed by atoms with Gasteiger partial charge in [-0.2, -0.15) is 0 Å². The fourth-order valence-electron chi connectivity index (χ4n) is 0.843. The number of nitrogens with zero attached hydrogens (tertiary/aromatic N) is 1. The summed E-state index contributed by atoms with van der Waals surface area (Å²) in [6, 6.07) is 1.33. The summed E-state index contributed by atoms with van der Waals surface area (Å²) in [5.41, 5.74) is 0.0452. The second kappa shape index (κ2) is 4.52. The Morgan fingerprint density at radius 2 is 2.36 bits per heavy atom. The first kappa shape index (κ1) is 11.1. The number of methoxy groups -OCH3 is 1. The molecule has 6 heteroatoms. The normalized spacial score (nSPS) is 9.64. The lowest BCUT2D eigenvalue weighted by Crippen LogP contribution is -2.07. The highest BCUT2D eigenvalue weighted by Crippen LogP contribution is 2.22. The van der Waals surface area contributed by atoms with Gasteiger partial charge in [-0.1, -0.05) is 11.6 Å². The van der Waals surface area contributed by atoms with Crippen molar-refractivity contribution in [3.05, 3.63) is 26.9 Å². The minimum Gasteiger partial charge on any atom is -0.465 e. The van der Waals surface area contributed by atoms with E-state index in [-0.39, 0.29) is 16.3 Å². The molecule has 1 heterocycles. The maximum atomic E-state index is 11.2. The van der Waals surface area contributed by atoms with Crippen LogP contribution < -0.4 is 0 Å². The maximum absolute atomic E-state index is 11.2. The molecule has 1 aromatic rings. The molecule has 0 aromatic carbocycles. The number of halogens is 2. The lowest BCUT2D eigenvalue weighted by molar-refractivity contribution is 0.0597. The van der Waals surface area contributed by atoms with E-state index < -0.39 is 5.97 Å². The van der Waals surface area contributed by atoms with Crippen LogP contribution in [0.25, 0.3) is 0 Å². The number of hydrogen-bond donors (Lipinski definition) is 0. The predicted molar refractivity (Wildman–Crippen MR) is 53.7 cm³/mol. The van der Waals surface area contributed by atoms with E-state index in [1.54, 1.807) is 0 Å². The highest BCUT2D eigenvalue weighted by atomic mass is 79.9. The minimum absolute atomic E-state index is 0.00637. The van der Waals surface area contributed by atoms with E-state index in [1.165, 1.54) is 13.2 Å². The van der Waals surface area contributed by atoms with Gasteiger partial charge in [-0.05, 0) is 22.0 Å². The molecule has 0 saturated carbocycles. The predicted octanol–water partition coefficient (Wildman–Crippen LogP) is 2.10. The monoisotopic (exact) mass is 277 g/mol. The topological polar surface area (TPSA) is 56.3 Å². The van der Waals surface area contributed by atoms with Crippen molar-refractivity contribution in [3.8, 4) is 0 Å². The third-order valence-corrected chi connectivity index (χ3v) is 2.60. The van der Waals surface area contributed by atoms with Gasteiger partial charge in [-0.3, -0.25) is 4.79 Å². The Bertz CT molecular complexity index is 394. The molecule has 14 heavy (non-hydrogen) atoms. The highest BCUT2D eigenvalue weighted by molar-refractivity contribution is 9.10. The van der Waals surface area contributed by atoms with Crippen LogP contribution in [-0.2, 0) is 4.74 Å². The number of hydrogen-bond acceptors (Lipinski definition) is 4. The maximum Gasteiger partial charge on any atom is 0.340 e. The van der Waals surface area contributed by atoms with Crippen LogP contribution in [-0.4, -0.2) is 24.3 Å². The summed E-state index contributed by atoms with van der Waals surface area (Å²) in [4.78, 5) is 25.5. The van der Waals surface area contributed by atoms with Crippen LogP contribution >= 0.6 is 27.5 Å². The molecule has 0 bridgehead atoms. The summed E-state index contributed by atoms with van der Waals surface area (Å²) in [7, 11) is 1.22. The summed E-state index contributed by atoms with van der Waals surface area (Å²) in [6.07, 6.45) is 0.466. The summed E-state index contributed by atoms with van der Waals surface area (Å²) in [6.45, 7) is 0. The van der Waals surface area contributed by atoms with Gasteiger partial charge in [0.15, 0.2) is 6.29 Å². The Balaban J connectivity index is 3.34. The van der Waals surface area contributed by atoms with Crippen molar-refractivity contribution in [2.75, 3.05) is 7.11 Å². The second-order valence-electron chi connectivity index (χ2n) is 2.30. The van der Waals surface area contributed by atoms with Crippen LogP contribution in [0.4, 0.5) is 0 Å². The molecule has 0 fully saturated rings. The first-order valence-corrected chi connectivity index (χ1v) is 4.66. The molecule has 0 amide bonds. The summed E-state index contributed by atoms with van der Waals surface area (Å²) < 4.78 is 4.78. The van der Waals surface area contributed by atoms with E-state index in [0.717, 1.165) is 0 Å². The number of carbonyl (C=O) groups is 2. The molecule has 74 valence electrons. The Morgan fingerprint density at radius 1 is 1.71 bits per heavy atom. The molecule has 1 rings (SSSR count). The molecule has 0 aliphatic rings. The number of aldehydes is 1. The Labute approximate surface area is 93.4 Å².